The molecule has 1 amide bonds. The number of fused-ring (bicyclic) bond motifs is 3. The number of guanidine groups is 1. The van der Waals surface area contributed by atoms with Gasteiger partial charge in [-0.25, -0.2) is 12.8 Å². The van der Waals surface area contributed by atoms with Crippen molar-refractivity contribution in [2.24, 2.45) is 16.5 Å². The molecule has 2 aromatic carbocycles. The van der Waals surface area contributed by atoms with Gasteiger partial charge in [0.15, 0.2) is 15.8 Å². The van der Waals surface area contributed by atoms with Gasteiger partial charge in [0, 0.05) is 16.7 Å². The van der Waals surface area contributed by atoms with E-state index in [-0.39, 0.29) is 16.0 Å². The lowest BCUT2D eigenvalue weighted by molar-refractivity contribution is 0.100. The monoisotopic (exact) mass is 347 g/mol. The molecule has 1 heterocycles. The first-order chi connectivity index (χ1) is 11.2. The number of carbonyl (C=O) groups is 1. The van der Waals surface area contributed by atoms with Crippen LogP contribution in [0.2, 0.25) is 0 Å². The Kier molecular flexibility index (Phi) is 3.64. The number of nitrogens with zero attached hydrogens (tertiary/aromatic N) is 1. The second kappa shape index (κ2) is 5.41. The summed E-state index contributed by atoms with van der Waals surface area (Å²) >= 11 is 0. The van der Waals surface area contributed by atoms with Crippen molar-refractivity contribution < 1.29 is 17.6 Å². The molecule has 24 heavy (non-hydrogen) atoms. The number of sulfone groups is 1. The van der Waals surface area contributed by atoms with Crippen LogP contribution >= 0.6 is 0 Å². The number of amides is 1. The quantitative estimate of drug-likeness (QED) is 0.599. The van der Waals surface area contributed by atoms with Crippen LogP contribution in [-0.2, 0) is 15.6 Å². The molecular weight excluding hydrogens is 333 g/mol. The predicted molar refractivity (Wildman–Crippen MR) is 87.6 cm³/mol. The summed E-state index contributed by atoms with van der Waals surface area (Å²) in [6, 6.07) is 7.19. The van der Waals surface area contributed by atoms with Gasteiger partial charge in [-0.1, -0.05) is 12.1 Å². The molecule has 0 aromatic heterocycles. The third kappa shape index (κ3) is 2.54. The minimum Gasteiger partial charge on any atom is -0.370 e. The summed E-state index contributed by atoms with van der Waals surface area (Å²) in [4.78, 5) is 15.5. The number of halogens is 1. The maximum Gasteiger partial charge on any atom is 0.280 e. The first-order valence-corrected chi connectivity index (χ1v) is 8.65. The van der Waals surface area contributed by atoms with E-state index in [9.17, 15) is 17.6 Å². The number of carbonyl (C=O) groups excluding carboxylic acids is 1. The molecule has 0 radical (unpaired) electrons. The Labute approximate surface area is 137 Å². The molecule has 4 N–H and O–H groups in total. The van der Waals surface area contributed by atoms with Crippen molar-refractivity contribution >= 4 is 21.7 Å². The minimum absolute atomic E-state index is 0.0275. The van der Waals surface area contributed by atoms with Crippen LogP contribution in [0.4, 0.5) is 4.39 Å². The van der Waals surface area contributed by atoms with E-state index in [2.05, 4.69) is 4.99 Å². The van der Waals surface area contributed by atoms with Gasteiger partial charge in [-0.2, -0.15) is 4.99 Å². The highest BCUT2D eigenvalue weighted by atomic mass is 32.2. The molecule has 3 rings (SSSR count). The van der Waals surface area contributed by atoms with Crippen LogP contribution in [0.3, 0.4) is 0 Å². The average molecular weight is 347 g/mol. The Morgan fingerprint density at radius 2 is 1.92 bits per heavy atom. The lowest BCUT2D eigenvalue weighted by Crippen LogP contribution is -2.24. The Morgan fingerprint density at radius 3 is 2.58 bits per heavy atom. The van der Waals surface area contributed by atoms with Gasteiger partial charge >= 0.3 is 0 Å². The molecule has 1 aliphatic rings. The average Bonchev–Trinajstić information content (AvgIpc) is 2.47. The lowest BCUT2D eigenvalue weighted by Gasteiger charge is -2.22. The van der Waals surface area contributed by atoms with Gasteiger partial charge in [-0.3, -0.25) is 4.79 Å². The fourth-order valence-electron chi connectivity index (χ4n) is 2.79. The maximum atomic E-state index is 14.0. The molecule has 8 heteroatoms. The Bertz CT molecular complexity index is 1010. The van der Waals surface area contributed by atoms with E-state index in [1.54, 1.807) is 19.1 Å². The number of hydrogen-bond acceptors (Lipinski definition) is 3. The van der Waals surface area contributed by atoms with Gasteiger partial charge in [0.2, 0.25) is 0 Å². The maximum absolute atomic E-state index is 14.0. The van der Waals surface area contributed by atoms with Gasteiger partial charge in [-0.15, -0.1) is 0 Å². The largest absolute Gasteiger partial charge is 0.370 e. The van der Waals surface area contributed by atoms with E-state index in [4.69, 9.17) is 11.5 Å². The number of aliphatic imine (C=N–C) groups is 1. The van der Waals surface area contributed by atoms with Crippen molar-refractivity contribution in [2.75, 3.05) is 0 Å². The fraction of sp³-hybridized carbons (Fsp3) is 0.125. The van der Waals surface area contributed by atoms with E-state index in [0.717, 1.165) is 0 Å². The third-order valence-corrected chi connectivity index (χ3v) is 5.54. The first-order valence-electron chi connectivity index (χ1n) is 7.00. The predicted octanol–water partition coefficient (Wildman–Crippen LogP) is 1.50. The highest BCUT2D eigenvalue weighted by Crippen LogP contribution is 2.40. The standard InChI is InChI=1S/C16H14FN3O3S/c1-8-5-11-9-3-2-4-13(17)12(9)7-24(22,23)14(11)6-10(8)15(21)20-16(18)19/h2-6H,7H2,1H3,(H4,18,19,20,21). The van der Waals surface area contributed by atoms with Gasteiger partial charge in [0.05, 0.1) is 10.6 Å². The van der Waals surface area contributed by atoms with Gasteiger partial charge in [0.1, 0.15) is 5.82 Å². The second-order valence-corrected chi connectivity index (χ2v) is 7.49. The number of aryl methyl sites for hydroxylation is 1. The van der Waals surface area contributed by atoms with Gasteiger partial charge in [0.25, 0.3) is 5.91 Å². The van der Waals surface area contributed by atoms with Crippen LogP contribution in [0.25, 0.3) is 11.1 Å². The summed E-state index contributed by atoms with van der Waals surface area (Å²) in [6.45, 7) is 1.63. The zero-order valence-electron chi connectivity index (χ0n) is 12.7. The second-order valence-electron chi connectivity index (χ2n) is 5.53. The summed E-state index contributed by atoms with van der Waals surface area (Å²) in [5, 5.41) is 0. The zero-order valence-corrected chi connectivity index (χ0v) is 13.5. The van der Waals surface area contributed by atoms with Crippen molar-refractivity contribution in [2.45, 2.75) is 17.6 Å². The number of benzene rings is 2. The summed E-state index contributed by atoms with van der Waals surface area (Å²) in [5.41, 5.74) is 12.0. The van der Waals surface area contributed by atoms with Crippen LogP contribution in [0, 0.1) is 12.7 Å². The molecule has 0 saturated heterocycles. The van der Waals surface area contributed by atoms with E-state index in [0.29, 0.717) is 16.7 Å². The molecule has 0 bridgehead atoms. The van der Waals surface area contributed by atoms with Crippen LogP contribution in [0.5, 0.6) is 0 Å². The molecule has 0 aliphatic carbocycles. The Balaban J connectivity index is 2.31. The van der Waals surface area contributed by atoms with Crippen LogP contribution in [-0.4, -0.2) is 20.3 Å². The highest BCUT2D eigenvalue weighted by molar-refractivity contribution is 7.90. The fourth-order valence-corrected chi connectivity index (χ4v) is 4.42. The molecule has 1 aliphatic heterocycles. The molecule has 0 fully saturated rings. The first kappa shape index (κ1) is 16.1. The van der Waals surface area contributed by atoms with Crippen molar-refractivity contribution in [1.82, 2.24) is 0 Å². The summed E-state index contributed by atoms with van der Waals surface area (Å²) < 4.78 is 39.1. The molecule has 0 spiro atoms. The van der Waals surface area contributed by atoms with Gasteiger partial charge in [-0.05, 0) is 36.2 Å². The Hall–Kier alpha value is -2.74. The van der Waals surface area contributed by atoms with Crippen molar-refractivity contribution in [3.63, 3.8) is 0 Å². The van der Waals surface area contributed by atoms with Crippen LogP contribution < -0.4 is 11.5 Å². The molecule has 2 aromatic rings. The number of rotatable bonds is 1. The smallest absolute Gasteiger partial charge is 0.280 e. The summed E-state index contributed by atoms with van der Waals surface area (Å²) in [6.07, 6.45) is 0. The third-order valence-electron chi connectivity index (χ3n) is 3.87. The molecular formula is C16H14FN3O3S. The van der Waals surface area contributed by atoms with Crippen LogP contribution in [0.1, 0.15) is 21.5 Å². The van der Waals surface area contributed by atoms with E-state index in [1.807, 2.05) is 0 Å². The van der Waals surface area contributed by atoms with E-state index in [1.165, 1.54) is 18.2 Å². The topological polar surface area (TPSA) is 116 Å². The normalized spacial score (nSPS) is 14.4. The van der Waals surface area contributed by atoms with Crippen molar-refractivity contribution in [3.8, 4) is 11.1 Å². The van der Waals surface area contributed by atoms with E-state index < -0.39 is 33.3 Å². The van der Waals surface area contributed by atoms with Crippen molar-refractivity contribution in [3.05, 3.63) is 52.8 Å². The lowest BCUT2D eigenvalue weighted by atomic mass is 9.95. The SMILES string of the molecule is Cc1cc2c(cc1C(=O)N=C(N)N)S(=O)(=O)Cc1c(F)cccc1-2. The minimum atomic E-state index is -3.78. The molecule has 124 valence electrons. The molecule has 0 saturated carbocycles. The number of hydrogen-bond donors (Lipinski definition) is 2. The highest BCUT2D eigenvalue weighted by Gasteiger charge is 2.31. The van der Waals surface area contributed by atoms with Gasteiger partial charge < -0.3 is 11.5 Å². The molecule has 0 atom stereocenters. The molecule has 0 unspecified atom stereocenters. The molecule has 6 nitrogen and oxygen atoms in total. The number of nitrogens with two attached hydrogens (primary N) is 2. The summed E-state index contributed by atoms with van der Waals surface area (Å²) in [5.74, 6) is -2.16. The van der Waals surface area contributed by atoms with Crippen molar-refractivity contribution in [1.29, 1.82) is 0 Å². The summed E-state index contributed by atoms with van der Waals surface area (Å²) in [7, 11) is -3.78. The Morgan fingerprint density at radius 1 is 1.21 bits per heavy atom. The zero-order chi connectivity index (χ0) is 17.6. The van der Waals surface area contributed by atoms with Crippen LogP contribution in [0.15, 0.2) is 40.2 Å². The van der Waals surface area contributed by atoms with E-state index >= 15 is 0 Å².